The van der Waals surface area contributed by atoms with Gasteiger partial charge in [-0.05, 0) is 40.2 Å². The topological polar surface area (TPSA) is 39.4 Å². The zero-order valence-corrected chi connectivity index (χ0v) is 11.2. The third-order valence-corrected chi connectivity index (χ3v) is 3.20. The number of carbonyl (C=O) groups excluding carboxylic acids is 1. The molecule has 0 aliphatic carbocycles. The molecule has 5 heteroatoms. The van der Waals surface area contributed by atoms with Crippen LogP contribution in [0.25, 0.3) is 11.3 Å². The van der Waals surface area contributed by atoms with Crippen LogP contribution in [0.5, 0.6) is 5.75 Å². The van der Waals surface area contributed by atoms with E-state index in [4.69, 9.17) is 20.8 Å². The molecule has 0 atom stereocenters. The van der Waals surface area contributed by atoms with Crippen LogP contribution < -0.4 is 4.74 Å². The molecule has 88 valence electrons. The molecular weight excluding hydrogens is 307 g/mol. The molecule has 0 amide bonds. The quantitative estimate of drug-likeness (QED) is 0.798. The Bertz CT molecular complexity index is 563. The van der Waals surface area contributed by atoms with Crippen molar-refractivity contribution in [1.29, 1.82) is 0 Å². The van der Waals surface area contributed by atoms with Crippen LogP contribution in [-0.4, -0.2) is 13.4 Å². The van der Waals surface area contributed by atoms with Crippen molar-refractivity contribution in [3.63, 3.8) is 0 Å². The number of hydrogen-bond acceptors (Lipinski definition) is 3. The number of benzene rings is 1. The number of methoxy groups -OCH3 is 1. The molecule has 0 aliphatic rings. The molecule has 0 N–H and O–H groups in total. The maximum atomic E-state index is 10.6. The average molecular weight is 316 g/mol. The molecule has 0 radical (unpaired) electrons. The minimum Gasteiger partial charge on any atom is -0.495 e. The standard InChI is InChI=1S/C12H8BrClO3/c1-16-12-5-9(13)8(4-10(12)14)11-3-2-7(6-15)17-11/h2-6H,1H3. The average Bonchev–Trinajstić information content (AvgIpc) is 2.80. The zero-order chi connectivity index (χ0) is 12.4. The van der Waals surface area contributed by atoms with E-state index >= 15 is 0 Å². The first-order valence-electron chi connectivity index (χ1n) is 4.74. The summed E-state index contributed by atoms with van der Waals surface area (Å²) >= 11 is 9.44. The van der Waals surface area contributed by atoms with E-state index in [1.807, 2.05) is 0 Å². The number of aldehydes is 1. The zero-order valence-electron chi connectivity index (χ0n) is 8.87. The molecule has 3 nitrogen and oxygen atoms in total. The van der Waals surface area contributed by atoms with Gasteiger partial charge in [-0.25, -0.2) is 0 Å². The fourth-order valence-electron chi connectivity index (χ4n) is 1.43. The first kappa shape index (κ1) is 12.2. The van der Waals surface area contributed by atoms with E-state index in [0.29, 0.717) is 22.8 Å². The van der Waals surface area contributed by atoms with Crippen LogP contribution in [0.2, 0.25) is 5.02 Å². The van der Waals surface area contributed by atoms with Crippen LogP contribution >= 0.6 is 27.5 Å². The van der Waals surface area contributed by atoms with Gasteiger partial charge in [0.05, 0.1) is 12.1 Å². The van der Waals surface area contributed by atoms with Crippen LogP contribution in [0, 0.1) is 0 Å². The minimum atomic E-state index is 0.277. The third-order valence-electron chi connectivity index (χ3n) is 2.25. The number of halogens is 2. The maximum Gasteiger partial charge on any atom is 0.185 e. The third kappa shape index (κ3) is 2.37. The molecule has 0 aliphatic heterocycles. The predicted octanol–water partition coefficient (Wildman–Crippen LogP) is 4.18. The van der Waals surface area contributed by atoms with Crippen molar-refractivity contribution in [1.82, 2.24) is 0 Å². The van der Waals surface area contributed by atoms with E-state index in [1.54, 1.807) is 31.4 Å². The lowest BCUT2D eigenvalue weighted by atomic mass is 10.1. The highest BCUT2D eigenvalue weighted by Gasteiger charge is 2.12. The molecule has 1 aromatic heterocycles. The lowest BCUT2D eigenvalue weighted by molar-refractivity contribution is 0.110. The summed E-state index contributed by atoms with van der Waals surface area (Å²) in [4.78, 5) is 10.6. The Morgan fingerprint density at radius 2 is 2.18 bits per heavy atom. The van der Waals surface area contributed by atoms with Gasteiger partial charge in [-0.15, -0.1) is 0 Å². The van der Waals surface area contributed by atoms with Gasteiger partial charge in [-0.3, -0.25) is 4.79 Å². The molecular formula is C12H8BrClO3. The summed E-state index contributed by atoms with van der Waals surface area (Å²) in [5.74, 6) is 1.42. The van der Waals surface area contributed by atoms with E-state index < -0.39 is 0 Å². The Morgan fingerprint density at radius 1 is 1.41 bits per heavy atom. The van der Waals surface area contributed by atoms with Gasteiger partial charge in [-0.1, -0.05) is 11.6 Å². The first-order valence-corrected chi connectivity index (χ1v) is 5.91. The lowest BCUT2D eigenvalue weighted by Crippen LogP contribution is -1.86. The van der Waals surface area contributed by atoms with Gasteiger partial charge in [-0.2, -0.15) is 0 Å². The predicted molar refractivity (Wildman–Crippen MR) is 68.8 cm³/mol. The highest BCUT2D eigenvalue weighted by molar-refractivity contribution is 9.10. The van der Waals surface area contributed by atoms with Gasteiger partial charge in [0.1, 0.15) is 11.5 Å². The Kier molecular flexibility index (Phi) is 3.54. The van der Waals surface area contributed by atoms with Crippen molar-refractivity contribution >= 4 is 33.8 Å². The van der Waals surface area contributed by atoms with Crippen LogP contribution in [0.3, 0.4) is 0 Å². The molecule has 1 heterocycles. The summed E-state index contributed by atoms with van der Waals surface area (Å²) in [5.41, 5.74) is 0.768. The summed E-state index contributed by atoms with van der Waals surface area (Å²) in [6.07, 6.45) is 0.655. The summed E-state index contributed by atoms with van der Waals surface area (Å²) in [5, 5.41) is 0.481. The second kappa shape index (κ2) is 4.94. The fourth-order valence-corrected chi connectivity index (χ4v) is 2.19. The van der Waals surface area contributed by atoms with E-state index in [1.165, 1.54) is 0 Å². The Hall–Kier alpha value is -1.26. The summed E-state index contributed by atoms with van der Waals surface area (Å²) in [6.45, 7) is 0. The fraction of sp³-hybridized carbons (Fsp3) is 0.0833. The van der Waals surface area contributed by atoms with Crippen LogP contribution in [0.1, 0.15) is 10.6 Å². The van der Waals surface area contributed by atoms with Crippen LogP contribution in [-0.2, 0) is 0 Å². The van der Waals surface area contributed by atoms with Gasteiger partial charge in [0.15, 0.2) is 12.0 Å². The van der Waals surface area contributed by atoms with Gasteiger partial charge >= 0.3 is 0 Å². The minimum absolute atomic E-state index is 0.277. The maximum absolute atomic E-state index is 10.6. The van der Waals surface area contributed by atoms with Crippen molar-refractivity contribution < 1.29 is 13.9 Å². The van der Waals surface area contributed by atoms with Crippen molar-refractivity contribution in [2.24, 2.45) is 0 Å². The van der Waals surface area contributed by atoms with Crippen molar-refractivity contribution in [3.8, 4) is 17.1 Å². The monoisotopic (exact) mass is 314 g/mol. The Labute approximate surface area is 111 Å². The summed E-state index contributed by atoms with van der Waals surface area (Å²) in [7, 11) is 1.55. The summed E-state index contributed by atoms with van der Waals surface area (Å²) < 4.78 is 11.2. The SMILES string of the molecule is COc1cc(Br)c(-c2ccc(C=O)o2)cc1Cl. The second-order valence-corrected chi connectivity index (χ2v) is 4.55. The van der Waals surface area contributed by atoms with Gasteiger partial charge in [0.2, 0.25) is 0 Å². The molecule has 0 bridgehead atoms. The smallest absolute Gasteiger partial charge is 0.185 e. The number of ether oxygens (including phenoxy) is 1. The molecule has 0 unspecified atom stereocenters. The number of furan rings is 1. The molecule has 17 heavy (non-hydrogen) atoms. The number of hydrogen-bond donors (Lipinski definition) is 0. The molecule has 2 aromatic rings. The second-order valence-electron chi connectivity index (χ2n) is 3.29. The first-order chi connectivity index (χ1) is 8.15. The van der Waals surface area contributed by atoms with E-state index in [0.717, 1.165) is 10.0 Å². The molecule has 0 fully saturated rings. The van der Waals surface area contributed by atoms with Gasteiger partial charge in [0, 0.05) is 10.0 Å². The Morgan fingerprint density at radius 3 is 2.76 bits per heavy atom. The highest BCUT2D eigenvalue weighted by Crippen LogP contribution is 2.37. The summed E-state index contributed by atoms with van der Waals surface area (Å²) in [6, 6.07) is 6.79. The normalized spacial score (nSPS) is 10.3. The number of rotatable bonds is 3. The van der Waals surface area contributed by atoms with Crippen molar-refractivity contribution in [2.75, 3.05) is 7.11 Å². The largest absolute Gasteiger partial charge is 0.495 e. The molecule has 0 saturated heterocycles. The molecule has 0 saturated carbocycles. The molecule has 0 spiro atoms. The van der Waals surface area contributed by atoms with E-state index in [-0.39, 0.29) is 5.76 Å². The lowest BCUT2D eigenvalue weighted by Gasteiger charge is -2.07. The molecule has 2 rings (SSSR count). The van der Waals surface area contributed by atoms with E-state index in [2.05, 4.69) is 15.9 Å². The van der Waals surface area contributed by atoms with E-state index in [9.17, 15) is 4.79 Å². The van der Waals surface area contributed by atoms with Crippen molar-refractivity contribution in [2.45, 2.75) is 0 Å². The van der Waals surface area contributed by atoms with Gasteiger partial charge in [0.25, 0.3) is 0 Å². The Balaban J connectivity index is 2.52. The van der Waals surface area contributed by atoms with Crippen LogP contribution in [0.4, 0.5) is 0 Å². The van der Waals surface area contributed by atoms with Gasteiger partial charge < -0.3 is 9.15 Å². The van der Waals surface area contributed by atoms with Crippen molar-refractivity contribution in [3.05, 3.63) is 39.5 Å². The number of carbonyl (C=O) groups is 1. The van der Waals surface area contributed by atoms with Crippen LogP contribution in [0.15, 0.2) is 33.2 Å². The molecule has 1 aromatic carbocycles. The highest BCUT2D eigenvalue weighted by atomic mass is 79.9.